The first kappa shape index (κ1) is 25.0. The van der Waals surface area contributed by atoms with Crippen molar-refractivity contribution < 1.29 is 0 Å². The summed E-state index contributed by atoms with van der Waals surface area (Å²) in [5.74, 6) is 0.692. The Morgan fingerprint density at radius 1 is 0.500 bits per heavy atom. The minimum absolute atomic E-state index is 0.176. The fourth-order valence-electron chi connectivity index (χ4n) is 7.36. The molecule has 0 N–H and O–H groups in total. The van der Waals surface area contributed by atoms with E-state index < -0.39 is 0 Å². The van der Waals surface area contributed by atoms with Crippen LogP contribution < -0.4 is 0 Å². The van der Waals surface area contributed by atoms with Crippen molar-refractivity contribution in [3.8, 4) is 39.5 Å². The molecule has 2 heterocycles. The van der Waals surface area contributed by atoms with Crippen molar-refractivity contribution in [3.63, 3.8) is 0 Å². The second-order valence-corrected chi connectivity index (χ2v) is 12.2. The number of aromatic nitrogens is 3. The minimum atomic E-state index is -0.176. The molecule has 0 spiro atoms. The summed E-state index contributed by atoms with van der Waals surface area (Å²) in [5.41, 5.74) is 12.7. The van der Waals surface area contributed by atoms with E-state index in [2.05, 4.69) is 158 Å². The van der Waals surface area contributed by atoms with Crippen LogP contribution >= 0.6 is 0 Å². The van der Waals surface area contributed by atoms with E-state index in [1.165, 1.54) is 49.7 Å². The molecule has 1 aliphatic rings. The number of benzene rings is 6. The van der Waals surface area contributed by atoms with E-state index >= 15 is 0 Å². The number of rotatable bonds is 3. The summed E-state index contributed by atoms with van der Waals surface area (Å²) in [4.78, 5) is 10.6. The van der Waals surface area contributed by atoms with E-state index in [1.54, 1.807) is 0 Å². The zero-order valence-electron chi connectivity index (χ0n) is 24.6. The predicted molar refractivity (Wildman–Crippen MR) is 182 cm³/mol. The van der Waals surface area contributed by atoms with Crippen LogP contribution in [0.1, 0.15) is 25.0 Å². The van der Waals surface area contributed by atoms with Crippen molar-refractivity contribution in [2.45, 2.75) is 19.3 Å². The molecule has 3 heteroatoms. The lowest BCUT2D eigenvalue weighted by molar-refractivity contribution is 0.663. The Kier molecular flexibility index (Phi) is 5.24. The number of hydrogen-bond acceptors (Lipinski definition) is 2. The van der Waals surface area contributed by atoms with Gasteiger partial charge in [0, 0.05) is 27.1 Å². The number of fused-ring (bicyclic) bond motifs is 8. The SMILES string of the molecule is CC1(C)c2ccccc2-c2ccc3c4ccccc4n(-c4nc(-c5ccc(-c6ccccc6)cc5)c5ccccc5n4)c3c21. The summed E-state index contributed by atoms with van der Waals surface area (Å²) >= 11 is 0. The van der Waals surface area contributed by atoms with Gasteiger partial charge in [-0.05, 0) is 45.5 Å². The third kappa shape index (κ3) is 3.50. The molecule has 0 radical (unpaired) electrons. The normalized spacial score (nSPS) is 13.4. The monoisotopic (exact) mass is 563 g/mol. The average molecular weight is 564 g/mol. The summed E-state index contributed by atoms with van der Waals surface area (Å²) in [5, 5.41) is 3.48. The Morgan fingerprint density at radius 2 is 1.16 bits per heavy atom. The van der Waals surface area contributed by atoms with Crippen LogP contribution in [0.25, 0.3) is 72.2 Å². The quantitative estimate of drug-likeness (QED) is 0.214. The first-order valence-corrected chi connectivity index (χ1v) is 15.2. The molecule has 0 fully saturated rings. The van der Waals surface area contributed by atoms with Gasteiger partial charge in [-0.2, -0.15) is 0 Å². The second kappa shape index (κ2) is 9.23. The van der Waals surface area contributed by atoms with Crippen LogP contribution in [0.2, 0.25) is 0 Å². The third-order valence-electron chi connectivity index (χ3n) is 9.41. The maximum Gasteiger partial charge on any atom is 0.235 e. The van der Waals surface area contributed by atoms with E-state index in [0.29, 0.717) is 5.95 Å². The molecule has 0 bridgehead atoms. The predicted octanol–water partition coefficient (Wildman–Crippen LogP) is 10.4. The fourth-order valence-corrected chi connectivity index (χ4v) is 7.36. The first-order valence-electron chi connectivity index (χ1n) is 15.2. The Labute approximate surface area is 256 Å². The molecule has 208 valence electrons. The number of para-hydroxylation sites is 2. The molecule has 2 aromatic heterocycles. The van der Waals surface area contributed by atoms with Gasteiger partial charge in [-0.15, -0.1) is 0 Å². The van der Waals surface area contributed by atoms with E-state index in [9.17, 15) is 0 Å². The maximum atomic E-state index is 5.39. The Bertz CT molecular complexity index is 2400. The number of nitrogens with zero attached hydrogens (tertiary/aromatic N) is 3. The van der Waals surface area contributed by atoms with E-state index in [0.717, 1.165) is 27.7 Å². The molecular formula is C41H29N3. The zero-order chi connectivity index (χ0) is 29.4. The minimum Gasteiger partial charge on any atom is -0.278 e. The van der Waals surface area contributed by atoms with Gasteiger partial charge >= 0.3 is 0 Å². The Hall–Kier alpha value is -5.54. The third-order valence-corrected chi connectivity index (χ3v) is 9.41. The molecule has 1 aliphatic carbocycles. The molecule has 8 aromatic rings. The topological polar surface area (TPSA) is 30.7 Å². The smallest absolute Gasteiger partial charge is 0.235 e. The van der Waals surface area contributed by atoms with Gasteiger partial charge in [-0.25, -0.2) is 9.97 Å². The molecule has 0 unspecified atom stereocenters. The fraction of sp³-hybridized carbons (Fsp3) is 0.0732. The lowest BCUT2D eigenvalue weighted by Crippen LogP contribution is -2.17. The molecule has 9 rings (SSSR count). The standard InChI is InChI=1S/C41H29N3/c1-41(2)34-17-9-6-14-29(34)31-24-25-32-30-15-8-11-19-36(30)44(39(32)37(31)41)40-42-35-18-10-7-16-33(35)38(43-40)28-22-20-27(21-23-28)26-12-4-3-5-13-26/h3-25H,1-2H3. The van der Waals surface area contributed by atoms with E-state index in [4.69, 9.17) is 9.97 Å². The lowest BCUT2D eigenvalue weighted by Gasteiger charge is -2.23. The molecule has 3 nitrogen and oxygen atoms in total. The van der Waals surface area contributed by atoms with Crippen molar-refractivity contribution >= 4 is 32.7 Å². The van der Waals surface area contributed by atoms with Crippen molar-refractivity contribution in [1.29, 1.82) is 0 Å². The van der Waals surface area contributed by atoms with Crippen LogP contribution in [0.3, 0.4) is 0 Å². The van der Waals surface area contributed by atoms with Gasteiger partial charge < -0.3 is 0 Å². The van der Waals surface area contributed by atoms with Crippen LogP contribution in [0.15, 0.2) is 140 Å². The van der Waals surface area contributed by atoms with Gasteiger partial charge in [0.2, 0.25) is 5.95 Å². The largest absolute Gasteiger partial charge is 0.278 e. The van der Waals surface area contributed by atoms with E-state index in [-0.39, 0.29) is 5.41 Å². The van der Waals surface area contributed by atoms with Crippen molar-refractivity contribution in [1.82, 2.24) is 14.5 Å². The molecular weight excluding hydrogens is 534 g/mol. The lowest BCUT2D eigenvalue weighted by atomic mass is 9.81. The summed E-state index contributed by atoms with van der Waals surface area (Å²) in [6.45, 7) is 4.69. The van der Waals surface area contributed by atoms with Gasteiger partial charge in [-0.1, -0.05) is 141 Å². The Balaban J connectivity index is 1.34. The van der Waals surface area contributed by atoms with Gasteiger partial charge in [0.05, 0.1) is 22.2 Å². The van der Waals surface area contributed by atoms with Gasteiger partial charge in [-0.3, -0.25) is 4.57 Å². The molecule has 0 saturated heterocycles. The molecule has 0 aliphatic heterocycles. The van der Waals surface area contributed by atoms with E-state index in [1.807, 2.05) is 0 Å². The molecule has 44 heavy (non-hydrogen) atoms. The van der Waals surface area contributed by atoms with Crippen LogP contribution in [-0.2, 0) is 5.41 Å². The highest BCUT2D eigenvalue weighted by Crippen LogP contribution is 2.52. The van der Waals surface area contributed by atoms with Crippen molar-refractivity contribution in [3.05, 3.63) is 151 Å². The number of hydrogen-bond donors (Lipinski definition) is 0. The first-order chi connectivity index (χ1) is 21.6. The maximum absolute atomic E-state index is 5.39. The van der Waals surface area contributed by atoms with Crippen molar-refractivity contribution in [2.75, 3.05) is 0 Å². The van der Waals surface area contributed by atoms with Gasteiger partial charge in [0.25, 0.3) is 0 Å². The molecule has 0 atom stereocenters. The van der Waals surface area contributed by atoms with Crippen LogP contribution in [0.5, 0.6) is 0 Å². The molecule has 6 aromatic carbocycles. The summed E-state index contributed by atoms with van der Waals surface area (Å²) < 4.78 is 2.31. The zero-order valence-corrected chi connectivity index (χ0v) is 24.6. The molecule has 0 amide bonds. The highest BCUT2D eigenvalue weighted by molar-refractivity contribution is 6.13. The second-order valence-electron chi connectivity index (χ2n) is 12.2. The van der Waals surface area contributed by atoms with Crippen LogP contribution in [0.4, 0.5) is 0 Å². The summed E-state index contributed by atoms with van der Waals surface area (Å²) in [6.07, 6.45) is 0. The van der Waals surface area contributed by atoms with Gasteiger partial charge in [0.15, 0.2) is 0 Å². The van der Waals surface area contributed by atoms with Crippen LogP contribution in [-0.4, -0.2) is 14.5 Å². The summed E-state index contributed by atoms with van der Waals surface area (Å²) in [7, 11) is 0. The summed E-state index contributed by atoms with van der Waals surface area (Å²) in [6, 6.07) is 49.7. The highest BCUT2D eigenvalue weighted by atomic mass is 15.2. The Morgan fingerprint density at radius 3 is 2.00 bits per heavy atom. The van der Waals surface area contributed by atoms with Crippen molar-refractivity contribution in [2.24, 2.45) is 0 Å². The highest BCUT2D eigenvalue weighted by Gasteiger charge is 2.38. The average Bonchev–Trinajstić information content (AvgIpc) is 3.53. The molecule has 0 saturated carbocycles. The van der Waals surface area contributed by atoms with Crippen LogP contribution in [0, 0.1) is 0 Å². The van der Waals surface area contributed by atoms with Gasteiger partial charge in [0.1, 0.15) is 0 Å².